The first-order valence-corrected chi connectivity index (χ1v) is 19.9. The minimum atomic E-state index is -3.61. The van der Waals surface area contributed by atoms with Gasteiger partial charge in [-0.3, -0.25) is 20.5 Å². The third kappa shape index (κ3) is 10.9. The average Bonchev–Trinajstić information content (AvgIpc) is 3.19. The Kier molecular flexibility index (Phi) is 12.8. The van der Waals surface area contributed by atoms with Crippen LogP contribution in [0, 0.1) is 0 Å². The number of nitrogens with zero attached hydrogens (tertiary/aromatic N) is 1. The number of amides is 1. The van der Waals surface area contributed by atoms with Crippen molar-refractivity contribution in [3.63, 3.8) is 0 Å². The molecular formula is C43H47N3O6S. The van der Waals surface area contributed by atoms with Crippen LogP contribution >= 0.6 is 0 Å². The van der Waals surface area contributed by atoms with Crippen molar-refractivity contribution in [3.05, 3.63) is 156 Å². The lowest BCUT2D eigenvalue weighted by Crippen LogP contribution is -2.43. The molecule has 9 nitrogen and oxygen atoms in total. The Labute approximate surface area is 312 Å². The number of anilines is 1. The van der Waals surface area contributed by atoms with E-state index in [1.54, 1.807) is 12.1 Å². The number of carbonyl (C=O) groups is 1. The zero-order chi connectivity index (χ0) is 37.0. The smallest absolute Gasteiger partial charge is 0.269 e. The molecule has 0 aromatic heterocycles. The van der Waals surface area contributed by atoms with Crippen molar-refractivity contribution in [2.45, 2.75) is 61.8 Å². The molecule has 0 aliphatic heterocycles. The van der Waals surface area contributed by atoms with Crippen LogP contribution in [0.25, 0.3) is 0 Å². The van der Waals surface area contributed by atoms with Gasteiger partial charge in [0, 0.05) is 37.0 Å². The highest BCUT2D eigenvalue weighted by atomic mass is 32.2. The zero-order valence-corrected chi connectivity index (χ0v) is 30.8. The van der Waals surface area contributed by atoms with Gasteiger partial charge in [-0.25, -0.2) is 8.42 Å². The first kappa shape index (κ1) is 37.6. The predicted molar refractivity (Wildman–Crippen MR) is 208 cm³/mol. The molecule has 0 spiro atoms. The van der Waals surface area contributed by atoms with Crippen LogP contribution in [0.2, 0.25) is 0 Å². The number of aliphatic hydroxyl groups excluding tert-OH is 1. The second-order valence-corrected chi connectivity index (χ2v) is 15.6. The Morgan fingerprint density at radius 2 is 1.42 bits per heavy atom. The van der Waals surface area contributed by atoms with Gasteiger partial charge in [0.15, 0.2) is 9.84 Å². The molecule has 0 radical (unpaired) electrons. The van der Waals surface area contributed by atoms with E-state index in [0.29, 0.717) is 30.3 Å². The normalized spacial score (nSPS) is 16.4. The average molecular weight is 734 g/mol. The number of rotatable bonds is 16. The second-order valence-electron chi connectivity index (χ2n) is 13.6. The molecule has 1 aliphatic rings. The number of benzene rings is 5. The number of hydrogen-bond donors (Lipinski definition) is 3. The summed E-state index contributed by atoms with van der Waals surface area (Å²) in [4.78, 5) is 15.1. The Balaban J connectivity index is 1.04. The van der Waals surface area contributed by atoms with Crippen molar-refractivity contribution >= 4 is 21.4 Å². The second kappa shape index (κ2) is 18.1. The standard InChI is InChI=1S/C43H47N3O6S/c1-53(49,50)42-27-40(25-26-41(42)52-30-33-13-7-3-8-14-33)51-31-39(47)29-46(28-32-11-5-2-6-12-32)38-23-21-35(22-24-38)34-17-19-36(20-18-34)43(48)45-44-37-15-9-4-10-16-37/h2-20,25-27,35,38-39,44,47H,21-24,28-31H2,1H3,(H,45,48)/t35-,38-,39-/m0/s1. The van der Waals surface area contributed by atoms with Crippen LogP contribution in [0.4, 0.5) is 5.69 Å². The fourth-order valence-corrected chi connectivity index (χ4v) is 7.63. The number of hydrogen-bond acceptors (Lipinski definition) is 8. The molecule has 1 atom stereocenters. The molecule has 0 unspecified atom stereocenters. The highest BCUT2D eigenvalue weighted by molar-refractivity contribution is 7.90. The molecule has 0 heterocycles. The predicted octanol–water partition coefficient (Wildman–Crippen LogP) is 7.39. The van der Waals surface area contributed by atoms with Gasteiger partial charge in [0.1, 0.15) is 35.7 Å². The molecule has 1 fully saturated rings. The van der Waals surface area contributed by atoms with Crippen LogP contribution in [0.3, 0.4) is 0 Å². The minimum absolute atomic E-state index is 0.00878. The summed E-state index contributed by atoms with van der Waals surface area (Å²) in [6.07, 6.45) is 4.27. The Morgan fingerprint density at radius 3 is 2.06 bits per heavy atom. The first-order chi connectivity index (χ1) is 25.7. The van der Waals surface area contributed by atoms with Gasteiger partial charge in [0.2, 0.25) is 0 Å². The summed E-state index contributed by atoms with van der Waals surface area (Å²) in [6, 6.07) is 42.2. The molecular weight excluding hydrogens is 687 g/mol. The van der Waals surface area contributed by atoms with Crippen molar-refractivity contribution in [2.24, 2.45) is 0 Å². The van der Waals surface area contributed by atoms with Crippen molar-refractivity contribution in [1.82, 2.24) is 10.3 Å². The van der Waals surface area contributed by atoms with Crippen LogP contribution in [0.1, 0.15) is 58.6 Å². The van der Waals surface area contributed by atoms with E-state index in [0.717, 1.165) is 43.2 Å². The van der Waals surface area contributed by atoms with Crippen LogP contribution in [0.15, 0.2) is 138 Å². The van der Waals surface area contributed by atoms with Gasteiger partial charge in [-0.2, -0.15) is 0 Å². The molecule has 5 aromatic rings. The Hall–Kier alpha value is -5.16. The Bertz CT molecular complexity index is 2000. The van der Waals surface area contributed by atoms with Gasteiger partial charge >= 0.3 is 0 Å². The van der Waals surface area contributed by atoms with E-state index < -0.39 is 15.9 Å². The van der Waals surface area contributed by atoms with Crippen LogP contribution in [-0.2, 0) is 23.0 Å². The zero-order valence-electron chi connectivity index (χ0n) is 29.9. The van der Waals surface area contributed by atoms with Crippen molar-refractivity contribution in [2.75, 3.05) is 24.8 Å². The molecule has 1 saturated carbocycles. The summed E-state index contributed by atoms with van der Waals surface area (Å²) in [5, 5.41) is 11.2. The quantitative estimate of drug-likeness (QED) is 0.0900. The number of aliphatic hydroxyl groups is 1. The first-order valence-electron chi connectivity index (χ1n) is 18.0. The van der Waals surface area contributed by atoms with Crippen LogP contribution in [0.5, 0.6) is 11.5 Å². The van der Waals surface area contributed by atoms with Crippen LogP contribution < -0.4 is 20.3 Å². The van der Waals surface area contributed by atoms with Gasteiger partial charge < -0.3 is 14.6 Å². The van der Waals surface area contributed by atoms with Gasteiger partial charge in [0.05, 0.1) is 5.69 Å². The molecule has 0 saturated heterocycles. The molecule has 1 amide bonds. The molecule has 6 rings (SSSR count). The summed E-state index contributed by atoms with van der Waals surface area (Å²) >= 11 is 0. The van der Waals surface area contributed by atoms with E-state index in [1.807, 2.05) is 91.0 Å². The maximum absolute atomic E-state index is 12.7. The molecule has 0 bridgehead atoms. The van der Waals surface area contributed by atoms with E-state index in [4.69, 9.17) is 9.47 Å². The molecule has 10 heteroatoms. The number of para-hydroxylation sites is 1. The summed E-state index contributed by atoms with van der Waals surface area (Å²) < 4.78 is 37.2. The topological polar surface area (TPSA) is 117 Å². The van der Waals surface area contributed by atoms with Crippen LogP contribution in [-0.4, -0.2) is 55.9 Å². The van der Waals surface area contributed by atoms with E-state index in [9.17, 15) is 18.3 Å². The van der Waals surface area contributed by atoms with Gasteiger partial charge in [-0.1, -0.05) is 91.0 Å². The lowest BCUT2D eigenvalue weighted by molar-refractivity contribution is 0.0383. The summed E-state index contributed by atoms with van der Waals surface area (Å²) in [6.45, 7) is 1.34. The number of carbonyl (C=O) groups excluding carboxylic acids is 1. The number of hydrazine groups is 1. The van der Waals surface area contributed by atoms with E-state index >= 15 is 0 Å². The monoisotopic (exact) mass is 733 g/mol. The highest BCUT2D eigenvalue weighted by Gasteiger charge is 2.28. The maximum Gasteiger partial charge on any atom is 0.269 e. The largest absolute Gasteiger partial charge is 0.491 e. The summed E-state index contributed by atoms with van der Waals surface area (Å²) in [5.74, 6) is 0.805. The van der Waals surface area contributed by atoms with Gasteiger partial charge in [0.25, 0.3) is 5.91 Å². The van der Waals surface area contributed by atoms with E-state index in [2.05, 4.69) is 40.0 Å². The third-order valence-electron chi connectivity index (χ3n) is 9.62. The Morgan fingerprint density at radius 1 is 0.792 bits per heavy atom. The summed E-state index contributed by atoms with van der Waals surface area (Å²) in [5.41, 5.74) is 10.4. The number of sulfone groups is 1. The molecule has 1 aliphatic carbocycles. The maximum atomic E-state index is 12.7. The summed E-state index contributed by atoms with van der Waals surface area (Å²) in [7, 11) is -3.61. The third-order valence-corrected chi connectivity index (χ3v) is 10.7. The van der Waals surface area contributed by atoms with Gasteiger partial charge in [-0.05, 0) is 84.7 Å². The number of nitrogens with one attached hydrogen (secondary N) is 2. The van der Waals surface area contributed by atoms with Crippen molar-refractivity contribution in [1.29, 1.82) is 0 Å². The van der Waals surface area contributed by atoms with E-state index in [1.165, 1.54) is 17.2 Å². The lowest BCUT2D eigenvalue weighted by Gasteiger charge is -2.38. The van der Waals surface area contributed by atoms with Gasteiger partial charge in [-0.15, -0.1) is 0 Å². The SMILES string of the molecule is CS(=O)(=O)c1cc(OC[C@@H](O)CN(Cc2ccccc2)[C@H]2CC[C@H](c3ccc(C(=O)NNc4ccccc4)cc3)CC2)ccc1OCc1ccccc1. The number of ether oxygens (including phenoxy) is 2. The minimum Gasteiger partial charge on any atom is -0.491 e. The fraction of sp³-hybridized carbons (Fsp3) is 0.279. The highest BCUT2D eigenvalue weighted by Crippen LogP contribution is 2.36. The molecule has 3 N–H and O–H groups in total. The molecule has 53 heavy (non-hydrogen) atoms. The lowest BCUT2D eigenvalue weighted by atomic mass is 9.81. The molecule has 5 aromatic carbocycles. The van der Waals surface area contributed by atoms with Crippen molar-refractivity contribution < 1.29 is 27.8 Å². The molecule has 276 valence electrons. The van der Waals surface area contributed by atoms with E-state index in [-0.39, 0.29) is 35.8 Å². The fourth-order valence-electron chi connectivity index (χ4n) is 6.80. The van der Waals surface area contributed by atoms with Crippen molar-refractivity contribution in [3.8, 4) is 11.5 Å².